The van der Waals surface area contributed by atoms with Crippen LogP contribution >= 0.6 is 0 Å². The molecule has 0 fully saturated rings. The van der Waals surface area contributed by atoms with Crippen LogP contribution in [0, 0.1) is 0 Å². The highest BCUT2D eigenvalue weighted by Crippen LogP contribution is 2.14. The van der Waals surface area contributed by atoms with E-state index >= 15 is 0 Å². The van der Waals surface area contributed by atoms with Crippen LogP contribution in [0.3, 0.4) is 0 Å². The molecule has 0 saturated carbocycles. The first kappa shape index (κ1) is 26.8. The lowest BCUT2D eigenvalue weighted by Crippen LogP contribution is -2.18. The molecule has 0 spiro atoms. The molecule has 0 aliphatic rings. The molecule has 182 valence electrons. The molecule has 0 unspecified atom stereocenters. The second-order valence-corrected chi connectivity index (χ2v) is 9.01. The quantitative estimate of drug-likeness (QED) is 0.144. The molecule has 5 nitrogen and oxygen atoms in total. The van der Waals surface area contributed by atoms with Crippen LogP contribution in [0.25, 0.3) is 11.0 Å². The summed E-state index contributed by atoms with van der Waals surface area (Å²) in [6, 6.07) is 7.07. The van der Waals surface area contributed by atoms with Crippen molar-refractivity contribution in [3.8, 4) is 0 Å². The Bertz CT molecular complexity index is 888. The number of nitrogens with zero attached hydrogens (tertiary/aromatic N) is 1. The SMILES string of the molecule is CCCCCCCCCCCCCCCCCC(=O)N/N=C\c1coc2ccccc2c1=O. The number of carbonyl (C=O) groups is 1. The third kappa shape index (κ3) is 11.3. The van der Waals surface area contributed by atoms with E-state index in [2.05, 4.69) is 17.5 Å². The number of carbonyl (C=O) groups excluding carboxylic acids is 1. The third-order valence-corrected chi connectivity index (χ3v) is 6.11. The lowest BCUT2D eigenvalue weighted by molar-refractivity contribution is -0.121. The molecule has 1 aromatic carbocycles. The molecule has 0 saturated heterocycles. The Morgan fingerprint density at radius 2 is 1.39 bits per heavy atom. The molecule has 0 bridgehead atoms. The van der Waals surface area contributed by atoms with E-state index < -0.39 is 0 Å². The molecule has 1 heterocycles. The molecule has 1 amide bonds. The van der Waals surface area contributed by atoms with Crippen molar-refractivity contribution in [1.29, 1.82) is 0 Å². The van der Waals surface area contributed by atoms with Crippen molar-refractivity contribution < 1.29 is 9.21 Å². The van der Waals surface area contributed by atoms with Crippen molar-refractivity contribution in [3.05, 3.63) is 46.3 Å². The van der Waals surface area contributed by atoms with Gasteiger partial charge in [-0.15, -0.1) is 0 Å². The molecule has 0 aliphatic heterocycles. The number of para-hydroxylation sites is 1. The van der Waals surface area contributed by atoms with Crippen LogP contribution in [0.15, 0.2) is 44.8 Å². The zero-order valence-corrected chi connectivity index (χ0v) is 20.4. The molecule has 0 aliphatic carbocycles. The van der Waals surface area contributed by atoms with Crippen molar-refractivity contribution in [1.82, 2.24) is 5.43 Å². The normalized spacial score (nSPS) is 11.4. The minimum Gasteiger partial charge on any atom is -0.463 e. The molecule has 1 N–H and O–H groups in total. The molecule has 1 aromatic heterocycles. The van der Waals surface area contributed by atoms with E-state index in [1.54, 1.807) is 18.2 Å². The van der Waals surface area contributed by atoms with Gasteiger partial charge in [0.2, 0.25) is 11.3 Å². The Hall–Kier alpha value is -2.43. The summed E-state index contributed by atoms with van der Waals surface area (Å²) in [5.74, 6) is -0.119. The number of fused-ring (bicyclic) bond motifs is 1. The maximum absolute atomic E-state index is 12.4. The maximum atomic E-state index is 12.4. The zero-order chi connectivity index (χ0) is 23.6. The number of amides is 1. The van der Waals surface area contributed by atoms with Crippen LogP contribution in [-0.4, -0.2) is 12.1 Å². The fourth-order valence-electron chi connectivity index (χ4n) is 4.07. The fourth-order valence-corrected chi connectivity index (χ4v) is 4.07. The van der Waals surface area contributed by atoms with Crippen molar-refractivity contribution >= 4 is 23.1 Å². The fraction of sp³-hybridized carbons (Fsp3) is 0.607. The summed E-state index contributed by atoms with van der Waals surface area (Å²) in [5, 5.41) is 4.42. The molecule has 33 heavy (non-hydrogen) atoms. The molecule has 2 aromatic rings. The van der Waals surface area contributed by atoms with Crippen molar-refractivity contribution in [2.45, 2.75) is 110 Å². The first-order valence-electron chi connectivity index (χ1n) is 13.0. The Morgan fingerprint density at radius 3 is 2.00 bits per heavy atom. The molecular formula is C28H42N2O3. The van der Waals surface area contributed by atoms with Gasteiger partial charge in [0, 0.05) is 6.42 Å². The van der Waals surface area contributed by atoms with Crippen LogP contribution in [0.2, 0.25) is 0 Å². The summed E-state index contributed by atoms with van der Waals surface area (Å²) in [6.45, 7) is 2.27. The molecule has 0 atom stereocenters. The smallest absolute Gasteiger partial charge is 0.240 e. The Kier molecular flexibility index (Phi) is 13.9. The Morgan fingerprint density at radius 1 is 0.848 bits per heavy atom. The second-order valence-electron chi connectivity index (χ2n) is 9.01. The van der Waals surface area contributed by atoms with Gasteiger partial charge in [-0.2, -0.15) is 5.10 Å². The van der Waals surface area contributed by atoms with Gasteiger partial charge in [0.15, 0.2) is 0 Å². The summed E-state index contributed by atoms with van der Waals surface area (Å²) in [5.41, 5.74) is 3.21. The van der Waals surface area contributed by atoms with Crippen LogP contribution in [0.1, 0.15) is 115 Å². The highest BCUT2D eigenvalue weighted by atomic mass is 16.3. The van der Waals surface area contributed by atoms with Crippen molar-refractivity contribution in [2.75, 3.05) is 0 Å². The summed E-state index contributed by atoms with van der Waals surface area (Å²) < 4.78 is 5.44. The van der Waals surface area contributed by atoms with E-state index in [0.29, 0.717) is 23.0 Å². The van der Waals surface area contributed by atoms with Gasteiger partial charge < -0.3 is 4.42 Å². The van der Waals surface area contributed by atoms with Crippen molar-refractivity contribution in [2.24, 2.45) is 5.10 Å². The van der Waals surface area contributed by atoms with E-state index in [-0.39, 0.29) is 11.3 Å². The lowest BCUT2D eigenvalue weighted by atomic mass is 10.0. The summed E-state index contributed by atoms with van der Waals surface area (Å²) in [6.07, 6.45) is 22.7. The van der Waals surface area contributed by atoms with Crippen LogP contribution < -0.4 is 10.9 Å². The highest BCUT2D eigenvalue weighted by molar-refractivity contribution is 5.87. The van der Waals surface area contributed by atoms with E-state index in [4.69, 9.17) is 4.42 Å². The monoisotopic (exact) mass is 454 g/mol. The summed E-state index contributed by atoms with van der Waals surface area (Å²) >= 11 is 0. The van der Waals surface area contributed by atoms with Crippen LogP contribution in [-0.2, 0) is 4.79 Å². The number of unbranched alkanes of at least 4 members (excludes halogenated alkanes) is 14. The summed E-state index contributed by atoms with van der Waals surface area (Å²) in [4.78, 5) is 24.3. The van der Waals surface area contributed by atoms with Crippen LogP contribution in [0.5, 0.6) is 0 Å². The summed E-state index contributed by atoms with van der Waals surface area (Å²) in [7, 11) is 0. The lowest BCUT2D eigenvalue weighted by Gasteiger charge is -2.03. The van der Waals surface area contributed by atoms with E-state index in [0.717, 1.165) is 12.8 Å². The standard InChI is InChI=1S/C28H42N2O3/c1-2-3-4-5-6-7-8-9-10-11-12-13-14-15-16-21-27(31)30-29-22-24-23-33-26-20-18-17-19-25(26)28(24)32/h17-20,22-23H,2-16,21H2,1H3,(H,30,31)/b29-22-. The number of hydrogen-bond donors (Lipinski definition) is 1. The largest absolute Gasteiger partial charge is 0.463 e. The molecule has 5 heteroatoms. The van der Waals surface area contributed by atoms with Gasteiger partial charge in [0.25, 0.3) is 0 Å². The maximum Gasteiger partial charge on any atom is 0.240 e. The molecule has 0 radical (unpaired) electrons. The average molecular weight is 455 g/mol. The minimum atomic E-state index is -0.155. The van der Waals surface area contributed by atoms with Gasteiger partial charge in [0.1, 0.15) is 11.8 Å². The molecular weight excluding hydrogens is 412 g/mol. The average Bonchev–Trinajstić information content (AvgIpc) is 2.83. The number of benzene rings is 1. The predicted molar refractivity (Wildman–Crippen MR) is 138 cm³/mol. The van der Waals surface area contributed by atoms with E-state index in [1.807, 2.05) is 6.07 Å². The van der Waals surface area contributed by atoms with Gasteiger partial charge in [-0.1, -0.05) is 109 Å². The number of nitrogens with one attached hydrogen (secondary N) is 1. The number of rotatable bonds is 18. The number of hydrogen-bond acceptors (Lipinski definition) is 4. The number of hydrazone groups is 1. The van der Waals surface area contributed by atoms with Gasteiger partial charge in [-0.25, -0.2) is 5.43 Å². The van der Waals surface area contributed by atoms with Crippen molar-refractivity contribution in [3.63, 3.8) is 0 Å². The Balaban J connectivity index is 1.44. The first-order chi connectivity index (χ1) is 16.2. The topological polar surface area (TPSA) is 71.7 Å². The van der Waals surface area contributed by atoms with Gasteiger partial charge in [-0.05, 0) is 18.6 Å². The molecule has 2 rings (SSSR count). The van der Waals surface area contributed by atoms with Gasteiger partial charge >= 0.3 is 0 Å². The first-order valence-corrected chi connectivity index (χ1v) is 13.0. The minimum absolute atomic E-state index is 0.119. The van der Waals surface area contributed by atoms with E-state index in [1.165, 1.54) is 95.9 Å². The Labute approximate surface area is 199 Å². The predicted octanol–water partition coefficient (Wildman–Crippen LogP) is 7.50. The zero-order valence-electron chi connectivity index (χ0n) is 20.4. The highest BCUT2D eigenvalue weighted by Gasteiger charge is 2.05. The van der Waals surface area contributed by atoms with Gasteiger partial charge in [-0.3, -0.25) is 9.59 Å². The third-order valence-electron chi connectivity index (χ3n) is 6.11. The van der Waals surface area contributed by atoms with Gasteiger partial charge in [0.05, 0.1) is 17.2 Å². The van der Waals surface area contributed by atoms with E-state index in [9.17, 15) is 9.59 Å². The van der Waals surface area contributed by atoms with Crippen LogP contribution in [0.4, 0.5) is 0 Å². The second kappa shape index (κ2) is 17.1.